The van der Waals surface area contributed by atoms with Gasteiger partial charge in [0.05, 0.1) is 10.5 Å². The second-order valence-electron chi connectivity index (χ2n) is 3.57. The molecule has 2 rings (SSSR count). The Labute approximate surface area is 120 Å². The molecule has 1 heterocycles. The van der Waals surface area contributed by atoms with Crippen molar-refractivity contribution in [1.82, 2.24) is 9.55 Å². The molecule has 1 aromatic carbocycles. The Hall–Kier alpha value is -1.49. The minimum Gasteiger partial charge on any atom is -0.269 e. The second-order valence-corrected chi connectivity index (χ2v) is 4.94. The van der Waals surface area contributed by atoms with Gasteiger partial charge in [0, 0.05) is 12.3 Å². The van der Waals surface area contributed by atoms with Gasteiger partial charge in [-0.3, -0.25) is 9.36 Å². The van der Waals surface area contributed by atoms with Crippen molar-refractivity contribution in [3.63, 3.8) is 0 Å². The molecule has 0 bridgehead atoms. The average Bonchev–Trinajstić information content (AvgIpc) is 2.42. The molecule has 2 aromatic rings. The Morgan fingerprint density at radius 2 is 1.79 bits per heavy atom. The number of halogens is 2. The fraction of sp³-hybridized carbons (Fsp3) is 0.286. The maximum atomic E-state index is 12.8. The summed E-state index contributed by atoms with van der Waals surface area (Å²) >= 11 is 3.38. The summed E-state index contributed by atoms with van der Waals surface area (Å²) < 4.78 is 14.3. The lowest BCUT2D eigenvalue weighted by molar-refractivity contribution is 0.627. The molecule has 1 unspecified atom stereocenters. The zero-order chi connectivity index (χ0) is 14.4. The van der Waals surface area contributed by atoms with Crippen LogP contribution in [0, 0.1) is 5.82 Å². The van der Waals surface area contributed by atoms with E-state index in [9.17, 15) is 9.18 Å². The normalized spacial score (nSPS) is 11.4. The predicted octanol–water partition coefficient (Wildman–Crippen LogP) is 3.85. The summed E-state index contributed by atoms with van der Waals surface area (Å²) in [7, 11) is 0. The van der Waals surface area contributed by atoms with Gasteiger partial charge in [-0.2, -0.15) is 0 Å². The molecule has 0 saturated carbocycles. The van der Waals surface area contributed by atoms with Crippen molar-refractivity contribution in [3.05, 3.63) is 58.5 Å². The number of benzene rings is 1. The van der Waals surface area contributed by atoms with Crippen LogP contribution in [0.2, 0.25) is 0 Å². The summed E-state index contributed by atoms with van der Waals surface area (Å²) in [6, 6.07) is 7.12. The van der Waals surface area contributed by atoms with E-state index in [0.29, 0.717) is 11.5 Å². The third kappa shape index (κ3) is 3.73. The molecule has 0 amide bonds. The standard InChI is InChI=1S/C12H10BrFN2O.C2H6/c1-8(13)12-15-7-6-11(17)16(12)10-4-2-9(14)3-5-10;1-2/h2-8H,1H3;1-2H3. The highest BCUT2D eigenvalue weighted by Gasteiger charge is 2.11. The monoisotopic (exact) mass is 326 g/mol. The van der Waals surface area contributed by atoms with Gasteiger partial charge in [-0.15, -0.1) is 0 Å². The van der Waals surface area contributed by atoms with Crippen LogP contribution in [0.25, 0.3) is 5.69 Å². The molecule has 0 spiro atoms. The first kappa shape index (κ1) is 15.6. The first-order valence-electron chi connectivity index (χ1n) is 6.07. The van der Waals surface area contributed by atoms with Crippen molar-refractivity contribution < 1.29 is 4.39 Å². The third-order valence-electron chi connectivity index (χ3n) is 2.31. The van der Waals surface area contributed by atoms with Gasteiger partial charge in [-0.25, -0.2) is 9.37 Å². The summed E-state index contributed by atoms with van der Waals surface area (Å²) in [5, 5.41) is 0. The van der Waals surface area contributed by atoms with Crippen LogP contribution in [0.4, 0.5) is 4.39 Å². The van der Waals surface area contributed by atoms with Crippen LogP contribution in [0.1, 0.15) is 31.4 Å². The highest BCUT2D eigenvalue weighted by molar-refractivity contribution is 9.09. The van der Waals surface area contributed by atoms with Crippen molar-refractivity contribution in [2.45, 2.75) is 25.6 Å². The topological polar surface area (TPSA) is 34.9 Å². The molecule has 19 heavy (non-hydrogen) atoms. The first-order chi connectivity index (χ1) is 9.09. The maximum Gasteiger partial charge on any atom is 0.258 e. The molecule has 0 N–H and O–H groups in total. The van der Waals surface area contributed by atoms with Crippen LogP contribution in [0.5, 0.6) is 0 Å². The molecule has 0 aliphatic carbocycles. The van der Waals surface area contributed by atoms with Gasteiger partial charge in [0.1, 0.15) is 11.6 Å². The SMILES string of the molecule is CC.CC(Br)c1nccc(=O)n1-c1ccc(F)cc1. The third-order valence-corrected chi connectivity index (χ3v) is 2.72. The van der Waals surface area contributed by atoms with Crippen LogP contribution in [0.3, 0.4) is 0 Å². The number of hydrogen-bond donors (Lipinski definition) is 0. The molecule has 1 aromatic heterocycles. The molecular formula is C14H16BrFN2O. The van der Waals surface area contributed by atoms with E-state index < -0.39 is 0 Å². The maximum absolute atomic E-state index is 12.8. The van der Waals surface area contributed by atoms with Gasteiger partial charge in [0.25, 0.3) is 5.56 Å². The van der Waals surface area contributed by atoms with Crippen molar-refractivity contribution in [2.24, 2.45) is 0 Å². The summed E-state index contributed by atoms with van der Waals surface area (Å²) in [5.74, 6) is 0.253. The van der Waals surface area contributed by atoms with E-state index >= 15 is 0 Å². The molecule has 0 saturated heterocycles. The Balaban J connectivity index is 0.000000861. The summed E-state index contributed by atoms with van der Waals surface area (Å²) in [6.45, 7) is 5.88. The van der Waals surface area contributed by atoms with E-state index in [-0.39, 0.29) is 16.2 Å². The van der Waals surface area contributed by atoms with Gasteiger partial charge >= 0.3 is 0 Å². The van der Waals surface area contributed by atoms with E-state index in [2.05, 4.69) is 20.9 Å². The minimum absolute atomic E-state index is 0.0681. The van der Waals surface area contributed by atoms with Gasteiger partial charge in [-0.1, -0.05) is 29.8 Å². The fourth-order valence-corrected chi connectivity index (χ4v) is 1.88. The molecule has 0 fully saturated rings. The number of alkyl halides is 1. The minimum atomic E-state index is -0.334. The van der Waals surface area contributed by atoms with Crippen molar-refractivity contribution >= 4 is 15.9 Å². The molecule has 5 heteroatoms. The van der Waals surface area contributed by atoms with E-state index in [1.54, 1.807) is 12.1 Å². The van der Waals surface area contributed by atoms with Gasteiger partial charge in [0.15, 0.2) is 0 Å². The molecule has 0 aliphatic heterocycles. The van der Waals surface area contributed by atoms with Gasteiger partial charge in [-0.05, 0) is 31.2 Å². The Morgan fingerprint density at radius 3 is 2.32 bits per heavy atom. The molecular weight excluding hydrogens is 311 g/mol. The van der Waals surface area contributed by atoms with E-state index in [1.165, 1.54) is 29.0 Å². The van der Waals surface area contributed by atoms with Crippen LogP contribution in [-0.4, -0.2) is 9.55 Å². The van der Waals surface area contributed by atoms with Gasteiger partial charge in [0.2, 0.25) is 0 Å². The average molecular weight is 327 g/mol. The molecule has 0 radical (unpaired) electrons. The molecule has 3 nitrogen and oxygen atoms in total. The lowest BCUT2D eigenvalue weighted by Crippen LogP contribution is -2.22. The number of aromatic nitrogens is 2. The predicted molar refractivity (Wildman–Crippen MR) is 78.5 cm³/mol. The zero-order valence-corrected chi connectivity index (χ0v) is 12.7. The molecule has 1 atom stereocenters. The van der Waals surface area contributed by atoms with Crippen molar-refractivity contribution in [3.8, 4) is 5.69 Å². The van der Waals surface area contributed by atoms with Crippen LogP contribution in [-0.2, 0) is 0 Å². The fourth-order valence-electron chi connectivity index (χ4n) is 1.55. The lowest BCUT2D eigenvalue weighted by atomic mass is 10.3. The summed E-state index contributed by atoms with van der Waals surface area (Å²) in [6.07, 6.45) is 1.47. The van der Waals surface area contributed by atoms with Gasteiger partial charge < -0.3 is 0 Å². The number of hydrogen-bond acceptors (Lipinski definition) is 2. The Bertz CT molecular complexity index is 579. The van der Waals surface area contributed by atoms with Crippen LogP contribution in [0.15, 0.2) is 41.3 Å². The Kier molecular flexibility index (Phi) is 5.89. The van der Waals surface area contributed by atoms with Crippen LogP contribution < -0.4 is 5.56 Å². The highest BCUT2D eigenvalue weighted by atomic mass is 79.9. The quantitative estimate of drug-likeness (QED) is 0.785. The number of nitrogens with zero attached hydrogens (tertiary/aromatic N) is 2. The first-order valence-corrected chi connectivity index (χ1v) is 6.99. The van der Waals surface area contributed by atoms with E-state index in [0.717, 1.165) is 0 Å². The van der Waals surface area contributed by atoms with E-state index in [4.69, 9.17) is 0 Å². The molecule has 0 aliphatic rings. The van der Waals surface area contributed by atoms with E-state index in [1.807, 2.05) is 20.8 Å². The lowest BCUT2D eigenvalue weighted by Gasteiger charge is -2.12. The number of rotatable bonds is 2. The smallest absolute Gasteiger partial charge is 0.258 e. The van der Waals surface area contributed by atoms with Crippen molar-refractivity contribution in [2.75, 3.05) is 0 Å². The van der Waals surface area contributed by atoms with Crippen molar-refractivity contribution in [1.29, 1.82) is 0 Å². The molecule has 102 valence electrons. The largest absolute Gasteiger partial charge is 0.269 e. The zero-order valence-electron chi connectivity index (χ0n) is 11.1. The van der Waals surface area contributed by atoms with Crippen LogP contribution >= 0.6 is 15.9 Å². The Morgan fingerprint density at radius 1 is 1.21 bits per heavy atom. The second kappa shape index (κ2) is 7.19. The summed E-state index contributed by atoms with van der Waals surface area (Å²) in [4.78, 5) is 15.9. The summed E-state index contributed by atoms with van der Waals surface area (Å²) in [5.41, 5.74) is 0.415. The highest BCUT2D eigenvalue weighted by Crippen LogP contribution is 2.20.